The number of nitrogens with one attached hydrogen (secondary N) is 1. The van der Waals surface area contributed by atoms with Gasteiger partial charge >= 0.3 is 5.69 Å². The topological polar surface area (TPSA) is 76.0 Å². The normalized spacial score (nSPS) is 10.5. The summed E-state index contributed by atoms with van der Waals surface area (Å²) in [7, 11) is 0. The van der Waals surface area contributed by atoms with Crippen molar-refractivity contribution in [3.8, 4) is 0 Å². The highest BCUT2D eigenvalue weighted by Crippen LogP contribution is 2.20. The van der Waals surface area contributed by atoms with E-state index in [0.717, 1.165) is 0 Å². The molecule has 76 valence electrons. The number of hydrogen-bond acceptors (Lipinski definition) is 3. The van der Waals surface area contributed by atoms with Gasteiger partial charge in [0, 0.05) is 0 Å². The van der Waals surface area contributed by atoms with Crippen molar-refractivity contribution in [1.82, 2.24) is 4.98 Å². The van der Waals surface area contributed by atoms with E-state index in [9.17, 15) is 14.9 Å². The van der Waals surface area contributed by atoms with Crippen LogP contribution in [0.4, 0.5) is 5.69 Å². The van der Waals surface area contributed by atoms with E-state index in [1.165, 1.54) is 6.07 Å². The number of rotatable bonds is 1. The predicted octanol–water partition coefficient (Wildman–Crippen LogP) is 2.09. The second kappa shape index (κ2) is 3.36. The molecule has 2 aromatic rings. The molecule has 0 unspecified atom stereocenters. The van der Waals surface area contributed by atoms with Crippen molar-refractivity contribution >= 4 is 28.2 Å². The summed E-state index contributed by atoms with van der Waals surface area (Å²) in [4.78, 5) is 24.1. The number of pyridine rings is 1. The Kier molecular flexibility index (Phi) is 2.17. The smallest absolute Gasteiger partial charge is 0.340 e. The molecular weight excluding hydrogens is 220 g/mol. The predicted molar refractivity (Wildman–Crippen MR) is 56.2 cm³/mol. The van der Waals surface area contributed by atoms with E-state index in [1.807, 2.05) is 0 Å². The second-order valence-electron chi connectivity index (χ2n) is 2.92. The molecule has 1 aromatic heterocycles. The number of nitrogens with zero attached hydrogens (tertiary/aromatic N) is 1. The first-order valence-corrected chi connectivity index (χ1v) is 4.44. The minimum atomic E-state index is -0.784. The number of aromatic nitrogens is 1. The molecule has 0 atom stereocenters. The van der Waals surface area contributed by atoms with E-state index in [0.29, 0.717) is 5.52 Å². The molecule has 5 nitrogen and oxygen atoms in total. The van der Waals surface area contributed by atoms with Gasteiger partial charge in [-0.3, -0.25) is 14.9 Å². The number of halogens is 1. The lowest BCUT2D eigenvalue weighted by Crippen LogP contribution is -2.10. The second-order valence-corrected chi connectivity index (χ2v) is 3.30. The van der Waals surface area contributed by atoms with E-state index in [1.54, 1.807) is 18.2 Å². The van der Waals surface area contributed by atoms with Gasteiger partial charge in [0.1, 0.15) is 0 Å². The van der Waals surface area contributed by atoms with Crippen LogP contribution in [-0.4, -0.2) is 9.91 Å². The van der Waals surface area contributed by atoms with Gasteiger partial charge in [0.25, 0.3) is 5.43 Å². The van der Waals surface area contributed by atoms with E-state index >= 15 is 0 Å². The fourth-order valence-corrected chi connectivity index (χ4v) is 1.61. The Bertz CT molecular complexity index is 606. The van der Waals surface area contributed by atoms with Gasteiger partial charge in [0.15, 0.2) is 5.15 Å². The van der Waals surface area contributed by atoms with Gasteiger partial charge in [0.05, 0.1) is 15.8 Å². The quantitative estimate of drug-likeness (QED) is 0.458. The van der Waals surface area contributed by atoms with E-state index < -0.39 is 16.0 Å². The van der Waals surface area contributed by atoms with E-state index in [-0.39, 0.29) is 10.5 Å². The molecule has 0 saturated carbocycles. The molecule has 0 aliphatic rings. The van der Waals surface area contributed by atoms with Crippen LogP contribution in [-0.2, 0) is 0 Å². The molecule has 1 aromatic carbocycles. The van der Waals surface area contributed by atoms with Gasteiger partial charge in [-0.15, -0.1) is 0 Å². The average Bonchev–Trinajstić information content (AvgIpc) is 2.17. The van der Waals surface area contributed by atoms with Crippen molar-refractivity contribution in [2.75, 3.05) is 0 Å². The maximum absolute atomic E-state index is 11.6. The van der Waals surface area contributed by atoms with Crippen molar-refractivity contribution in [1.29, 1.82) is 0 Å². The van der Waals surface area contributed by atoms with Crippen LogP contribution in [0.5, 0.6) is 0 Å². The molecule has 0 bridgehead atoms. The molecule has 0 aliphatic heterocycles. The van der Waals surface area contributed by atoms with Crippen molar-refractivity contribution in [3.05, 3.63) is 49.8 Å². The van der Waals surface area contributed by atoms with E-state index in [2.05, 4.69) is 4.98 Å². The monoisotopic (exact) mass is 224 g/mol. The maximum atomic E-state index is 11.6. The Morgan fingerprint density at radius 3 is 2.67 bits per heavy atom. The highest BCUT2D eigenvalue weighted by molar-refractivity contribution is 6.31. The first-order valence-electron chi connectivity index (χ1n) is 4.06. The summed E-state index contributed by atoms with van der Waals surface area (Å²) in [6.45, 7) is 0. The van der Waals surface area contributed by atoms with Crippen molar-refractivity contribution < 1.29 is 4.92 Å². The largest absolute Gasteiger partial charge is 0.351 e. The zero-order chi connectivity index (χ0) is 11.0. The molecule has 1 N–H and O–H groups in total. The Hall–Kier alpha value is -1.88. The fourth-order valence-electron chi connectivity index (χ4n) is 1.36. The van der Waals surface area contributed by atoms with Crippen LogP contribution < -0.4 is 5.43 Å². The zero-order valence-corrected chi connectivity index (χ0v) is 8.12. The lowest BCUT2D eigenvalue weighted by Gasteiger charge is -1.99. The molecule has 0 radical (unpaired) electrons. The molecule has 6 heteroatoms. The third-order valence-electron chi connectivity index (χ3n) is 2.02. The highest BCUT2D eigenvalue weighted by atomic mass is 35.5. The summed E-state index contributed by atoms with van der Waals surface area (Å²) < 4.78 is 0. The number of aromatic amines is 1. The molecule has 0 saturated heterocycles. The van der Waals surface area contributed by atoms with Gasteiger partial charge in [-0.05, 0) is 12.1 Å². The Labute approximate surface area is 88.5 Å². The SMILES string of the molecule is O=c1c([N+](=O)[O-])c(Cl)[nH]c2ccccc12. The molecule has 2 rings (SSSR count). The van der Waals surface area contributed by atoms with Gasteiger partial charge in [0.2, 0.25) is 0 Å². The third kappa shape index (κ3) is 1.46. The van der Waals surface area contributed by atoms with Crippen LogP contribution in [0.1, 0.15) is 0 Å². The number of H-pyrrole nitrogens is 1. The summed E-state index contributed by atoms with van der Waals surface area (Å²) in [6.07, 6.45) is 0. The lowest BCUT2D eigenvalue weighted by molar-refractivity contribution is -0.386. The van der Waals surface area contributed by atoms with Crippen molar-refractivity contribution in [3.63, 3.8) is 0 Å². The van der Waals surface area contributed by atoms with Crippen LogP contribution in [0.2, 0.25) is 5.15 Å². The number of benzene rings is 1. The summed E-state index contributed by atoms with van der Waals surface area (Å²) in [6, 6.07) is 6.49. The number of para-hydroxylation sites is 1. The molecule has 1 heterocycles. The number of nitro groups is 1. The van der Waals surface area contributed by atoms with Crippen LogP contribution in [0.15, 0.2) is 29.1 Å². The number of hydrogen-bond donors (Lipinski definition) is 1. The van der Waals surface area contributed by atoms with Gasteiger partial charge in [-0.2, -0.15) is 0 Å². The molecule has 0 aliphatic carbocycles. The minimum Gasteiger partial charge on any atom is -0.340 e. The molecule has 0 spiro atoms. The molecule has 15 heavy (non-hydrogen) atoms. The average molecular weight is 225 g/mol. The van der Waals surface area contributed by atoms with Gasteiger partial charge < -0.3 is 4.98 Å². The highest BCUT2D eigenvalue weighted by Gasteiger charge is 2.20. The Balaban J connectivity index is 2.97. The fraction of sp³-hybridized carbons (Fsp3) is 0. The van der Waals surface area contributed by atoms with Crippen LogP contribution in [0.25, 0.3) is 10.9 Å². The van der Waals surface area contributed by atoms with Gasteiger partial charge in [-0.25, -0.2) is 0 Å². The zero-order valence-electron chi connectivity index (χ0n) is 7.36. The lowest BCUT2D eigenvalue weighted by atomic mass is 10.2. The molecule has 0 fully saturated rings. The first-order chi connectivity index (χ1) is 7.11. The van der Waals surface area contributed by atoms with Crippen LogP contribution >= 0.6 is 11.6 Å². The van der Waals surface area contributed by atoms with Crippen LogP contribution in [0.3, 0.4) is 0 Å². The summed E-state index contributed by atoms with van der Waals surface area (Å²) in [5, 5.41) is 10.6. The molecule has 0 amide bonds. The Morgan fingerprint density at radius 1 is 1.33 bits per heavy atom. The third-order valence-corrected chi connectivity index (χ3v) is 2.30. The Morgan fingerprint density at radius 2 is 2.00 bits per heavy atom. The minimum absolute atomic E-state index is 0.247. The standard InChI is InChI=1S/C9H5ClN2O3/c10-9-7(12(14)15)8(13)5-3-1-2-4-6(5)11-9/h1-4H,(H,11,13). The number of fused-ring (bicyclic) bond motifs is 1. The van der Waals surface area contributed by atoms with Crippen LogP contribution in [0, 0.1) is 10.1 Å². The first kappa shape index (κ1) is 9.67. The van der Waals surface area contributed by atoms with Crippen molar-refractivity contribution in [2.24, 2.45) is 0 Å². The summed E-state index contributed by atoms with van der Waals surface area (Å²) >= 11 is 5.61. The van der Waals surface area contributed by atoms with E-state index in [4.69, 9.17) is 11.6 Å². The summed E-state index contributed by atoms with van der Waals surface area (Å²) in [5.41, 5.74) is -0.798. The maximum Gasteiger partial charge on any atom is 0.351 e. The van der Waals surface area contributed by atoms with Crippen molar-refractivity contribution in [2.45, 2.75) is 0 Å². The summed E-state index contributed by atoms with van der Waals surface area (Å²) in [5.74, 6) is 0. The molecular formula is C9H5ClN2O3. The van der Waals surface area contributed by atoms with Gasteiger partial charge in [-0.1, -0.05) is 23.7 Å².